The van der Waals surface area contributed by atoms with Crippen molar-refractivity contribution in [1.29, 1.82) is 0 Å². The smallest absolute Gasteiger partial charge is 0.388 e. The van der Waals surface area contributed by atoms with Crippen LogP contribution in [0.15, 0.2) is 6.07 Å². The molecule has 0 spiro atoms. The van der Waals surface area contributed by atoms with Crippen molar-refractivity contribution in [3.63, 3.8) is 0 Å². The number of nitrogens with zero attached hydrogens (tertiary/aromatic N) is 3. The van der Waals surface area contributed by atoms with E-state index in [2.05, 4.69) is 14.8 Å². The lowest BCUT2D eigenvalue weighted by Crippen LogP contribution is -2.54. The van der Waals surface area contributed by atoms with Gasteiger partial charge in [-0.25, -0.2) is 18.4 Å². The number of ether oxygens (including phenoxy) is 2. The number of rotatable bonds is 7. The van der Waals surface area contributed by atoms with Gasteiger partial charge in [-0.05, 0) is 12.3 Å². The molecule has 190 valence electrons. The molecule has 0 amide bonds. The summed E-state index contributed by atoms with van der Waals surface area (Å²) < 4.78 is 65.4. The largest absolute Gasteiger partial charge is 0.480 e. The van der Waals surface area contributed by atoms with Crippen LogP contribution in [0.3, 0.4) is 0 Å². The number of thiazole rings is 1. The number of fused-ring (bicyclic) bond motifs is 1. The van der Waals surface area contributed by atoms with Crippen LogP contribution in [0.4, 0.5) is 17.6 Å². The molecular weight excluding hydrogens is 518 g/mol. The number of halogens is 5. The predicted octanol–water partition coefficient (Wildman–Crippen LogP) is 5.16. The van der Waals surface area contributed by atoms with Crippen molar-refractivity contribution < 1.29 is 41.7 Å². The number of carboxylic acids is 1. The number of alkyl halides is 2. The topological polar surface area (TPSA) is 104 Å². The molecule has 0 fully saturated rings. The third-order valence-electron chi connectivity index (χ3n) is 5.30. The van der Waals surface area contributed by atoms with E-state index in [4.69, 9.17) is 16.3 Å². The van der Waals surface area contributed by atoms with Crippen molar-refractivity contribution in [3.8, 4) is 17.1 Å². The van der Waals surface area contributed by atoms with Crippen molar-refractivity contribution in [2.24, 2.45) is 12.5 Å². The number of aryl methyl sites for hydroxylation is 1. The SMILES string of the molecule is CCOC(=O)C(C(=O)O)(c1nc2c(F)cc(F)c(-c3nn(C)c(OC(F)F)c3Cl)c2s1)C(C)(C)C. The molecule has 35 heavy (non-hydrogen) atoms. The van der Waals surface area contributed by atoms with Crippen LogP contribution in [0.25, 0.3) is 21.5 Å². The zero-order valence-corrected chi connectivity index (χ0v) is 20.7. The van der Waals surface area contributed by atoms with Crippen LogP contribution in [0.1, 0.15) is 32.7 Å². The fourth-order valence-electron chi connectivity index (χ4n) is 3.70. The quantitative estimate of drug-likeness (QED) is 0.252. The Labute approximate surface area is 205 Å². The first-order valence-corrected chi connectivity index (χ1v) is 11.2. The van der Waals surface area contributed by atoms with E-state index in [-0.39, 0.29) is 22.0 Å². The van der Waals surface area contributed by atoms with E-state index in [1.54, 1.807) is 0 Å². The molecule has 8 nitrogen and oxygen atoms in total. The molecule has 0 aliphatic heterocycles. The van der Waals surface area contributed by atoms with Gasteiger partial charge in [0.25, 0.3) is 0 Å². The number of carbonyl (C=O) groups is 2. The minimum absolute atomic E-state index is 0.139. The van der Waals surface area contributed by atoms with Gasteiger partial charge in [0.2, 0.25) is 11.3 Å². The molecule has 0 saturated heterocycles. The molecule has 2 heterocycles. The highest BCUT2D eigenvalue weighted by atomic mass is 35.5. The summed E-state index contributed by atoms with van der Waals surface area (Å²) in [6.07, 6.45) is 0. The Kier molecular flexibility index (Phi) is 7.06. The second-order valence-corrected chi connectivity index (χ2v) is 9.78. The average molecular weight is 538 g/mol. The molecular formula is C21H20ClF4N3O5S. The lowest BCUT2D eigenvalue weighted by molar-refractivity contribution is -0.168. The molecule has 1 N–H and O–H groups in total. The maximum absolute atomic E-state index is 15.1. The van der Waals surface area contributed by atoms with E-state index in [0.717, 1.165) is 4.68 Å². The molecule has 1 unspecified atom stereocenters. The molecule has 14 heteroatoms. The van der Waals surface area contributed by atoms with Gasteiger partial charge in [0, 0.05) is 13.1 Å². The summed E-state index contributed by atoms with van der Waals surface area (Å²) in [5.41, 5.74) is -4.96. The summed E-state index contributed by atoms with van der Waals surface area (Å²) in [4.78, 5) is 29.6. The summed E-state index contributed by atoms with van der Waals surface area (Å²) in [6, 6.07) is 0.476. The fourth-order valence-corrected chi connectivity index (χ4v) is 5.50. The normalized spacial score (nSPS) is 13.8. The summed E-state index contributed by atoms with van der Waals surface area (Å²) in [5.74, 6) is -5.61. The van der Waals surface area contributed by atoms with Crippen LogP contribution >= 0.6 is 22.9 Å². The number of benzene rings is 1. The van der Waals surface area contributed by atoms with Crippen molar-refractivity contribution >= 4 is 45.1 Å². The summed E-state index contributed by atoms with van der Waals surface area (Å²) in [6.45, 7) is 2.49. The van der Waals surface area contributed by atoms with Crippen molar-refractivity contribution in [2.75, 3.05) is 6.61 Å². The van der Waals surface area contributed by atoms with Crippen LogP contribution in [-0.4, -0.2) is 45.0 Å². The van der Waals surface area contributed by atoms with Crippen molar-refractivity contribution in [3.05, 3.63) is 27.7 Å². The van der Waals surface area contributed by atoms with Crippen LogP contribution in [0.2, 0.25) is 5.02 Å². The predicted molar refractivity (Wildman–Crippen MR) is 119 cm³/mol. The zero-order chi connectivity index (χ0) is 26.5. The highest BCUT2D eigenvalue weighted by Crippen LogP contribution is 2.49. The number of hydrogen-bond acceptors (Lipinski definition) is 7. The zero-order valence-electron chi connectivity index (χ0n) is 19.1. The monoisotopic (exact) mass is 537 g/mol. The Balaban J connectivity index is 2.41. The van der Waals surface area contributed by atoms with E-state index in [1.165, 1.54) is 34.7 Å². The van der Waals surface area contributed by atoms with Gasteiger partial charge in [0.15, 0.2) is 5.82 Å². The number of hydrogen-bond donors (Lipinski definition) is 1. The molecule has 0 saturated carbocycles. The lowest BCUT2D eigenvalue weighted by atomic mass is 9.66. The number of aromatic nitrogens is 3. The minimum atomic E-state index is -3.25. The van der Waals surface area contributed by atoms with Gasteiger partial charge in [0.1, 0.15) is 27.1 Å². The lowest BCUT2D eigenvalue weighted by Gasteiger charge is -2.36. The standard InChI is InChI=1S/C21H20ClF4N3O5S/c1-6-33-18(32)21(17(30)31,20(2,3)4)16-27-12-9(24)7-8(23)10(14(12)35-16)13-11(22)15(29(5)28-13)34-19(25)26/h7,19H,6H2,1-5H3,(H,30,31). The maximum Gasteiger partial charge on any atom is 0.388 e. The van der Waals surface area contributed by atoms with Crippen LogP contribution in [0.5, 0.6) is 5.88 Å². The maximum atomic E-state index is 15.1. The molecule has 0 aliphatic rings. The highest BCUT2D eigenvalue weighted by Gasteiger charge is 2.60. The number of carboxylic acid groups (broad SMARTS) is 1. The molecule has 0 radical (unpaired) electrons. The van der Waals surface area contributed by atoms with Gasteiger partial charge in [-0.2, -0.15) is 13.9 Å². The number of carbonyl (C=O) groups excluding carboxylic acids is 1. The van der Waals surface area contributed by atoms with Crippen molar-refractivity contribution in [1.82, 2.24) is 14.8 Å². The Hall–Kier alpha value is -2.93. The summed E-state index contributed by atoms with van der Waals surface area (Å²) in [5, 5.41) is 13.3. The average Bonchev–Trinajstić information content (AvgIpc) is 3.25. The summed E-state index contributed by atoms with van der Waals surface area (Å²) >= 11 is 6.68. The van der Waals surface area contributed by atoms with E-state index < -0.39 is 63.0 Å². The van der Waals surface area contributed by atoms with E-state index >= 15 is 4.39 Å². The third-order valence-corrected chi connectivity index (χ3v) is 6.83. The summed E-state index contributed by atoms with van der Waals surface area (Å²) in [7, 11) is 1.22. The van der Waals surface area contributed by atoms with Crippen LogP contribution in [-0.2, 0) is 26.8 Å². The molecule has 1 aromatic carbocycles. The van der Waals surface area contributed by atoms with Gasteiger partial charge in [-0.1, -0.05) is 32.4 Å². The highest BCUT2D eigenvalue weighted by molar-refractivity contribution is 7.19. The molecule has 3 aromatic rings. The Morgan fingerprint density at radius 3 is 2.40 bits per heavy atom. The molecule has 1 atom stereocenters. The molecule has 3 rings (SSSR count). The van der Waals surface area contributed by atoms with E-state index in [9.17, 15) is 27.9 Å². The first-order chi connectivity index (χ1) is 16.2. The fraction of sp³-hybridized carbons (Fsp3) is 0.429. The Morgan fingerprint density at radius 2 is 1.89 bits per heavy atom. The van der Waals surface area contributed by atoms with E-state index in [1.807, 2.05) is 0 Å². The molecule has 2 aromatic heterocycles. The van der Waals surface area contributed by atoms with Gasteiger partial charge in [-0.15, -0.1) is 11.3 Å². The Morgan fingerprint density at radius 1 is 1.26 bits per heavy atom. The van der Waals surface area contributed by atoms with Crippen LogP contribution in [0, 0.1) is 17.0 Å². The molecule has 0 bridgehead atoms. The van der Waals surface area contributed by atoms with E-state index in [0.29, 0.717) is 17.4 Å². The number of aliphatic carboxylic acids is 1. The van der Waals surface area contributed by atoms with Gasteiger partial charge in [-0.3, -0.25) is 9.59 Å². The van der Waals surface area contributed by atoms with Crippen molar-refractivity contribution in [2.45, 2.75) is 39.7 Å². The Bertz CT molecular complexity index is 1320. The van der Waals surface area contributed by atoms with Gasteiger partial charge >= 0.3 is 18.6 Å². The molecule has 0 aliphatic carbocycles. The number of esters is 1. The second kappa shape index (κ2) is 9.26. The van der Waals surface area contributed by atoms with Gasteiger partial charge < -0.3 is 14.6 Å². The third kappa shape index (κ3) is 4.20. The minimum Gasteiger partial charge on any atom is -0.480 e. The van der Waals surface area contributed by atoms with Crippen LogP contribution < -0.4 is 4.74 Å². The first kappa shape index (κ1) is 26.7. The van der Waals surface area contributed by atoms with Gasteiger partial charge in [0.05, 0.1) is 16.9 Å². The second-order valence-electron chi connectivity index (χ2n) is 8.41. The first-order valence-electron chi connectivity index (χ1n) is 10.1.